The number of nitrogens with one attached hydrogen (secondary N) is 1. The lowest BCUT2D eigenvalue weighted by atomic mass is 10.1. The fourth-order valence-electron chi connectivity index (χ4n) is 1.44. The molecule has 0 saturated carbocycles. The number of sulfonamides is 1. The zero-order valence-corrected chi connectivity index (χ0v) is 12.0. The van der Waals surface area contributed by atoms with Gasteiger partial charge in [-0.25, -0.2) is 13.1 Å². The standard InChI is InChI=1S/C13H14F3NO3S/c1-10-5-6-12(11(8-10)4-2-3-7-18)21(19,20)17-9-13(14,15)16/h5-6,8,17-18H,3,7,9H2,1H3. The topological polar surface area (TPSA) is 66.4 Å². The molecule has 0 saturated heterocycles. The van der Waals surface area contributed by atoms with E-state index in [1.54, 1.807) is 6.92 Å². The van der Waals surface area contributed by atoms with E-state index in [9.17, 15) is 21.6 Å². The Labute approximate surface area is 121 Å². The molecule has 0 aromatic heterocycles. The smallest absolute Gasteiger partial charge is 0.395 e. The van der Waals surface area contributed by atoms with Crippen LogP contribution in [0, 0.1) is 18.8 Å². The molecular weight excluding hydrogens is 307 g/mol. The first-order valence-corrected chi connectivity index (χ1v) is 7.41. The average molecular weight is 321 g/mol. The Morgan fingerprint density at radius 1 is 1.33 bits per heavy atom. The second-order valence-corrected chi connectivity index (χ2v) is 5.95. The lowest BCUT2D eigenvalue weighted by Crippen LogP contribution is -2.34. The van der Waals surface area contributed by atoms with Gasteiger partial charge in [0.1, 0.15) is 6.54 Å². The number of hydrogen-bond donors (Lipinski definition) is 2. The van der Waals surface area contributed by atoms with Gasteiger partial charge in [0.25, 0.3) is 0 Å². The van der Waals surface area contributed by atoms with Crippen molar-refractivity contribution < 1.29 is 26.7 Å². The molecule has 0 amide bonds. The van der Waals surface area contributed by atoms with Crippen molar-refractivity contribution in [3.05, 3.63) is 29.3 Å². The second-order valence-electron chi connectivity index (χ2n) is 4.21. The molecular formula is C13H14F3NO3S. The number of rotatable bonds is 4. The monoisotopic (exact) mass is 321 g/mol. The third-order valence-electron chi connectivity index (χ3n) is 2.35. The Kier molecular flexibility index (Phi) is 5.78. The highest BCUT2D eigenvalue weighted by Crippen LogP contribution is 2.19. The number of aliphatic hydroxyl groups excluding tert-OH is 1. The minimum absolute atomic E-state index is 0.0955. The van der Waals surface area contributed by atoms with Gasteiger partial charge in [-0.2, -0.15) is 13.2 Å². The van der Waals surface area contributed by atoms with Crippen molar-refractivity contribution in [2.24, 2.45) is 0 Å². The molecule has 0 aliphatic heterocycles. The fraction of sp³-hybridized carbons (Fsp3) is 0.385. The van der Waals surface area contributed by atoms with Crippen molar-refractivity contribution in [3.8, 4) is 11.8 Å². The van der Waals surface area contributed by atoms with E-state index in [0.717, 1.165) is 5.56 Å². The van der Waals surface area contributed by atoms with Crippen molar-refractivity contribution in [2.75, 3.05) is 13.2 Å². The van der Waals surface area contributed by atoms with Gasteiger partial charge >= 0.3 is 6.18 Å². The maximum Gasteiger partial charge on any atom is 0.402 e. The molecule has 0 atom stereocenters. The van der Waals surface area contributed by atoms with Gasteiger partial charge in [-0.1, -0.05) is 17.9 Å². The number of aliphatic hydroxyl groups is 1. The molecule has 0 fully saturated rings. The van der Waals surface area contributed by atoms with Gasteiger partial charge < -0.3 is 5.11 Å². The Bertz CT molecular complexity index is 657. The predicted octanol–water partition coefficient (Wildman–Crippen LogP) is 1.57. The summed E-state index contributed by atoms with van der Waals surface area (Å²) < 4.78 is 61.7. The highest BCUT2D eigenvalue weighted by atomic mass is 32.2. The average Bonchev–Trinajstić information content (AvgIpc) is 2.36. The zero-order chi connectivity index (χ0) is 16.1. The first kappa shape index (κ1) is 17.5. The van der Waals surface area contributed by atoms with Crippen LogP contribution in [0.3, 0.4) is 0 Å². The van der Waals surface area contributed by atoms with Crippen LogP contribution < -0.4 is 4.72 Å². The first-order valence-electron chi connectivity index (χ1n) is 5.92. The summed E-state index contributed by atoms with van der Waals surface area (Å²) in [6, 6.07) is 4.14. The first-order chi connectivity index (χ1) is 9.65. The van der Waals surface area contributed by atoms with Crippen LogP contribution in [0.2, 0.25) is 0 Å². The SMILES string of the molecule is Cc1ccc(S(=O)(=O)NCC(F)(F)F)c(C#CCCO)c1. The largest absolute Gasteiger partial charge is 0.402 e. The molecule has 116 valence electrons. The van der Waals surface area contributed by atoms with Crippen LogP contribution in [0.25, 0.3) is 0 Å². The molecule has 0 heterocycles. The molecule has 0 unspecified atom stereocenters. The van der Waals surface area contributed by atoms with Crippen molar-refractivity contribution in [1.82, 2.24) is 4.72 Å². The summed E-state index contributed by atoms with van der Waals surface area (Å²) in [7, 11) is -4.31. The van der Waals surface area contributed by atoms with E-state index in [1.165, 1.54) is 22.9 Å². The normalized spacial score (nSPS) is 11.9. The Morgan fingerprint density at radius 2 is 2.00 bits per heavy atom. The van der Waals surface area contributed by atoms with E-state index >= 15 is 0 Å². The van der Waals surface area contributed by atoms with Gasteiger partial charge in [0.2, 0.25) is 10.0 Å². The van der Waals surface area contributed by atoms with Crippen LogP contribution in [-0.2, 0) is 10.0 Å². The summed E-state index contributed by atoms with van der Waals surface area (Å²) in [5, 5.41) is 8.64. The lowest BCUT2D eigenvalue weighted by Gasteiger charge is -2.11. The highest BCUT2D eigenvalue weighted by Gasteiger charge is 2.30. The summed E-state index contributed by atoms with van der Waals surface area (Å²) in [5.74, 6) is 5.10. The van der Waals surface area contributed by atoms with Gasteiger partial charge in [0.15, 0.2) is 0 Å². The number of benzene rings is 1. The van der Waals surface area contributed by atoms with Crippen LogP contribution in [0.4, 0.5) is 13.2 Å². The minimum atomic E-state index is -4.64. The number of hydrogen-bond acceptors (Lipinski definition) is 3. The Morgan fingerprint density at radius 3 is 2.57 bits per heavy atom. The van der Waals surface area contributed by atoms with E-state index in [-0.39, 0.29) is 23.5 Å². The molecule has 0 aliphatic rings. The van der Waals surface area contributed by atoms with Crippen LogP contribution in [0.15, 0.2) is 23.1 Å². The maximum atomic E-state index is 12.1. The van der Waals surface area contributed by atoms with Gasteiger partial charge in [-0.3, -0.25) is 0 Å². The van der Waals surface area contributed by atoms with Crippen LogP contribution in [0.5, 0.6) is 0 Å². The van der Waals surface area contributed by atoms with Gasteiger partial charge in [-0.05, 0) is 24.6 Å². The van der Waals surface area contributed by atoms with Gasteiger partial charge in [0.05, 0.1) is 11.5 Å². The molecule has 0 radical (unpaired) electrons. The maximum absolute atomic E-state index is 12.1. The molecule has 2 N–H and O–H groups in total. The quantitative estimate of drug-likeness (QED) is 0.827. The van der Waals surface area contributed by atoms with Crippen LogP contribution in [-0.4, -0.2) is 32.9 Å². The molecule has 0 spiro atoms. The van der Waals surface area contributed by atoms with E-state index in [1.807, 2.05) is 0 Å². The van der Waals surface area contributed by atoms with Crippen molar-refractivity contribution in [3.63, 3.8) is 0 Å². The molecule has 4 nitrogen and oxygen atoms in total. The molecule has 8 heteroatoms. The highest BCUT2D eigenvalue weighted by molar-refractivity contribution is 7.89. The third kappa shape index (κ3) is 5.75. The fourth-order valence-corrected chi connectivity index (χ4v) is 2.60. The van der Waals surface area contributed by atoms with Crippen molar-refractivity contribution in [1.29, 1.82) is 0 Å². The molecule has 1 aromatic rings. The summed E-state index contributed by atoms with van der Waals surface area (Å²) in [6.07, 6.45) is -4.50. The van der Waals surface area contributed by atoms with E-state index in [4.69, 9.17) is 5.11 Å². The van der Waals surface area contributed by atoms with E-state index in [0.29, 0.717) is 0 Å². The third-order valence-corrected chi connectivity index (χ3v) is 3.81. The summed E-state index contributed by atoms with van der Waals surface area (Å²) in [5.41, 5.74) is 0.816. The Balaban J connectivity index is 3.14. The van der Waals surface area contributed by atoms with Gasteiger partial charge in [-0.15, -0.1) is 0 Å². The molecule has 21 heavy (non-hydrogen) atoms. The van der Waals surface area contributed by atoms with E-state index in [2.05, 4.69) is 11.8 Å². The molecule has 0 bridgehead atoms. The number of aryl methyl sites for hydroxylation is 1. The predicted molar refractivity (Wildman–Crippen MR) is 71.0 cm³/mol. The summed E-state index contributed by atoms with van der Waals surface area (Å²) in [4.78, 5) is -0.317. The van der Waals surface area contributed by atoms with Crippen molar-refractivity contribution in [2.45, 2.75) is 24.4 Å². The van der Waals surface area contributed by atoms with Crippen LogP contribution in [0.1, 0.15) is 17.5 Å². The number of alkyl halides is 3. The number of halogens is 3. The van der Waals surface area contributed by atoms with Crippen LogP contribution >= 0.6 is 0 Å². The summed E-state index contributed by atoms with van der Waals surface area (Å²) in [6.45, 7) is -0.128. The lowest BCUT2D eigenvalue weighted by molar-refractivity contribution is -0.121. The second kappa shape index (κ2) is 6.93. The zero-order valence-electron chi connectivity index (χ0n) is 11.2. The Hall–Kier alpha value is -1.56. The summed E-state index contributed by atoms with van der Waals surface area (Å²) >= 11 is 0. The molecule has 1 aromatic carbocycles. The molecule has 1 rings (SSSR count). The van der Waals surface area contributed by atoms with E-state index < -0.39 is 22.7 Å². The van der Waals surface area contributed by atoms with Crippen molar-refractivity contribution >= 4 is 10.0 Å². The van der Waals surface area contributed by atoms with Gasteiger partial charge in [0, 0.05) is 12.0 Å². The molecule has 0 aliphatic carbocycles. The minimum Gasteiger partial charge on any atom is -0.395 e.